The van der Waals surface area contributed by atoms with Gasteiger partial charge in [-0.15, -0.1) is 0 Å². The first-order chi connectivity index (χ1) is 10.2. The number of ether oxygens (including phenoxy) is 3. The molecule has 0 amide bonds. The molecule has 118 valence electrons. The summed E-state index contributed by atoms with van der Waals surface area (Å²) in [7, 11) is 1.78. The molecule has 1 aromatic rings. The highest BCUT2D eigenvalue weighted by molar-refractivity contribution is 9.10. The van der Waals surface area contributed by atoms with E-state index in [-0.39, 0.29) is 6.10 Å². The quantitative estimate of drug-likeness (QED) is 0.599. The molecule has 5 heteroatoms. The van der Waals surface area contributed by atoms with Crippen molar-refractivity contribution in [2.24, 2.45) is 0 Å². The van der Waals surface area contributed by atoms with Crippen molar-refractivity contribution in [2.45, 2.75) is 50.1 Å². The molecule has 2 unspecified atom stereocenters. The van der Waals surface area contributed by atoms with E-state index in [2.05, 4.69) is 37.9 Å². The minimum atomic E-state index is 0.189. The first kappa shape index (κ1) is 17.1. The first-order valence-electron chi connectivity index (χ1n) is 7.38. The van der Waals surface area contributed by atoms with E-state index in [1.165, 1.54) is 0 Å². The Morgan fingerprint density at radius 3 is 2.67 bits per heavy atom. The first-order valence-corrected chi connectivity index (χ1v) is 9.30. The molecule has 0 aromatic heterocycles. The average Bonchev–Trinajstić information content (AvgIpc) is 2.50. The lowest BCUT2D eigenvalue weighted by Crippen LogP contribution is -2.29. The molecule has 0 aliphatic heterocycles. The molecule has 2 rings (SSSR count). The van der Waals surface area contributed by atoms with Crippen LogP contribution in [0.25, 0.3) is 0 Å². The van der Waals surface area contributed by atoms with Crippen LogP contribution in [0.3, 0.4) is 0 Å². The molecule has 1 saturated carbocycles. The second-order valence-electron chi connectivity index (χ2n) is 5.24. The van der Waals surface area contributed by atoms with E-state index in [1.807, 2.05) is 13.0 Å². The smallest absolute Gasteiger partial charge is 0.175 e. The van der Waals surface area contributed by atoms with Gasteiger partial charge < -0.3 is 14.2 Å². The van der Waals surface area contributed by atoms with Crippen LogP contribution in [0.5, 0.6) is 11.5 Å². The molecule has 0 saturated heterocycles. The molecule has 2 atom stereocenters. The van der Waals surface area contributed by atoms with Crippen molar-refractivity contribution in [1.29, 1.82) is 0 Å². The van der Waals surface area contributed by atoms with Crippen LogP contribution in [0.15, 0.2) is 16.6 Å². The summed E-state index contributed by atoms with van der Waals surface area (Å²) in [6.07, 6.45) is 4.77. The van der Waals surface area contributed by atoms with Gasteiger partial charge in [-0.1, -0.05) is 15.9 Å². The van der Waals surface area contributed by atoms with Gasteiger partial charge >= 0.3 is 0 Å². The summed E-state index contributed by atoms with van der Waals surface area (Å²) in [4.78, 5) is 0. The van der Waals surface area contributed by atoms with Gasteiger partial charge in [0.15, 0.2) is 11.5 Å². The Balaban J connectivity index is 2.17. The van der Waals surface area contributed by atoms with E-state index in [4.69, 9.17) is 14.2 Å². The Bertz CT molecular complexity index is 465. The van der Waals surface area contributed by atoms with E-state index in [0.717, 1.165) is 52.5 Å². The second kappa shape index (κ2) is 8.39. The van der Waals surface area contributed by atoms with Gasteiger partial charge in [0, 0.05) is 18.9 Å². The zero-order chi connectivity index (χ0) is 15.2. The topological polar surface area (TPSA) is 27.7 Å². The van der Waals surface area contributed by atoms with Crippen LogP contribution in [-0.4, -0.2) is 25.9 Å². The van der Waals surface area contributed by atoms with Crippen molar-refractivity contribution in [3.63, 3.8) is 0 Å². The monoisotopic (exact) mass is 420 g/mol. The maximum Gasteiger partial charge on any atom is 0.175 e. The summed E-state index contributed by atoms with van der Waals surface area (Å²) < 4.78 is 18.4. The molecule has 3 nitrogen and oxygen atoms in total. The number of halogens is 2. The van der Waals surface area contributed by atoms with E-state index in [1.54, 1.807) is 7.11 Å². The highest BCUT2D eigenvalue weighted by Gasteiger charge is 2.25. The zero-order valence-corrected chi connectivity index (χ0v) is 15.7. The van der Waals surface area contributed by atoms with Crippen molar-refractivity contribution < 1.29 is 14.2 Å². The summed E-state index contributed by atoms with van der Waals surface area (Å²) in [6.45, 7) is 2.61. The molecule has 21 heavy (non-hydrogen) atoms. The Morgan fingerprint density at radius 2 is 2.00 bits per heavy atom. The molecular formula is C16H22Br2O3. The van der Waals surface area contributed by atoms with E-state index < -0.39 is 0 Å². The van der Waals surface area contributed by atoms with Gasteiger partial charge in [-0.05, 0) is 59.8 Å². The Hall–Kier alpha value is -0.260. The molecule has 1 aliphatic carbocycles. The number of hydrogen-bond acceptors (Lipinski definition) is 3. The summed E-state index contributed by atoms with van der Waals surface area (Å²) in [5.41, 5.74) is 1.16. The Kier molecular flexibility index (Phi) is 6.83. The second-order valence-corrected chi connectivity index (χ2v) is 6.65. The number of rotatable bonds is 6. The lowest BCUT2D eigenvalue weighted by Gasteiger charge is -2.29. The maximum absolute atomic E-state index is 6.23. The average molecular weight is 422 g/mol. The van der Waals surface area contributed by atoms with Crippen LogP contribution >= 0.6 is 31.9 Å². The maximum atomic E-state index is 6.23. The molecule has 0 bridgehead atoms. The van der Waals surface area contributed by atoms with Crippen LogP contribution in [0.4, 0.5) is 0 Å². The van der Waals surface area contributed by atoms with Crippen molar-refractivity contribution in [1.82, 2.24) is 0 Å². The molecule has 1 fully saturated rings. The highest BCUT2D eigenvalue weighted by atomic mass is 79.9. The van der Waals surface area contributed by atoms with E-state index in [9.17, 15) is 0 Å². The van der Waals surface area contributed by atoms with Gasteiger partial charge in [-0.25, -0.2) is 0 Å². The fraction of sp³-hybridized carbons (Fsp3) is 0.625. The van der Waals surface area contributed by atoms with Gasteiger partial charge in [0.1, 0.15) is 6.10 Å². The lowest BCUT2D eigenvalue weighted by atomic mass is 9.95. The van der Waals surface area contributed by atoms with Gasteiger partial charge in [-0.3, -0.25) is 0 Å². The molecule has 0 N–H and O–H groups in total. The molecule has 1 aromatic carbocycles. The van der Waals surface area contributed by atoms with E-state index >= 15 is 0 Å². The SMILES string of the molecule is CCOc1cc(CBr)cc(Br)c1OC1CCCC(OC)C1. The van der Waals surface area contributed by atoms with Crippen LogP contribution in [0, 0.1) is 0 Å². The largest absolute Gasteiger partial charge is 0.490 e. The third-order valence-corrected chi connectivity index (χ3v) is 4.96. The fourth-order valence-electron chi connectivity index (χ4n) is 2.67. The Labute approximate surface area is 143 Å². The number of benzene rings is 1. The third-order valence-electron chi connectivity index (χ3n) is 3.72. The fourth-order valence-corrected chi connectivity index (χ4v) is 3.57. The lowest BCUT2D eigenvalue weighted by molar-refractivity contribution is 0.0197. The molecular weight excluding hydrogens is 400 g/mol. The molecule has 1 aliphatic rings. The standard InChI is InChI=1S/C16H22Br2O3/c1-3-20-15-8-11(10-17)7-14(18)16(15)21-13-6-4-5-12(9-13)19-2/h7-8,12-13H,3-6,9-10H2,1-2H3. The van der Waals surface area contributed by atoms with Crippen molar-refractivity contribution in [3.8, 4) is 11.5 Å². The predicted molar refractivity (Wildman–Crippen MR) is 91.6 cm³/mol. The van der Waals surface area contributed by atoms with Gasteiger partial charge in [0.25, 0.3) is 0 Å². The van der Waals surface area contributed by atoms with E-state index in [0.29, 0.717) is 12.7 Å². The zero-order valence-electron chi connectivity index (χ0n) is 12.5. The molecule has 0 heterocycles. The predicted octanol–water partition coefficient (Wildman–Crippen LogP) is 5.08. The number of methoxy groups -OCH3 is 1. The molecule has 0 spiro atoms. The number of hydrogen-bond donors (Lipinski definition) is 0. The van der Waals surface area contributed by atoms with Gasteiger partial charge in [0.05, 0.1) is 17.2 Å². The number of alkyl halides is 1. The minimum Gasteiger partial charge on any atom is -0.490 e. The highest BCUT2D eigenvalue weighted by Crippen LogP contribution is 2.39. The molecule has 0 radical (unpaired) electrons. The van der Waals surface area contributed by atoms with Crippen molar-refractivity contribution in [3.05, 3.63) is 22.2 Å². The Morgan fingerprint density at radius 1 is 1.24 bits per heavy atom. The van der Waals surface area contributed by atoms with Crippen molar-refractivity contribution >= 4 is 31.9 Å². The third kappa shape index (κ3) is 4.60. The van der Waals surface area contributed by atoms with Gasteiger partial charge in [0.2, 0.25) is 0 Å². The summed E-state index contributed by atoms with van der Waals surface area (Å²) >= 11 is 7.09. The van der Waals surface area contributed by atoms with Crippen LogP contribution in [0.1, 0.15) is 38.2 Å². The van der Waals surface area contributed by atoms with Crippen LogP contribution in [-0.2, 0) is 10.1 Å². The van der Waals surface area contributed by atoms with Crippen LogP contribution in [0.2, 0.25) is 0 Å². The normalized spacial score (nSPS) is 22.1. The summed E-state index contributed by atoms with van der Waals surface area (Å²) in [6, 6.07) is 4.11. The summed E-state index contributed by atoms with van der Waals surface area (Å²) in [5, 5.41) is 0.793. The van der Waals surface area contributed by atoms with Crippen LogP contribution < -0.4 is 9.47 Å². The van der Waals surface area contributed by atoms with Crippen molar-refractivity contribution in [2.75, 3.05) is 13.7 Å². The minimum absolute atomic E-state index is 0.189. The summed E-state index contributed by atoms with van der Waals surface area (Å²) in [5.74, 6) is 1.61. The van der Waals surface area contributed by atoms with Gasteiger partial charge in [-0.2, -0.15) is 0 Å².